The highest BCUT2D eigenvalue weighted by atomic mass is 16.5. The minimum atomic E-state index is 0.461. The smallest absolute Gasteiger partial charge is 0.0616 e. The van der Waals surface area contributed by atoms with Crippen molar-refractivity contribution in [3.8, 4) is 0 Å². The first kappa shape index (κ1) is 15.9. The van der Waals surface area contributed by atoms with Gasteiger partial charge in [0.1, 0.15) is 0 Å². The van der Waals surface area contributed by atoms with E-state index < -0.39 is 0 Å². The Morgan fingerprint density at radius 2 is 1.44 bits per heavy atom. The fourth-order valence-corrected chi connectivity index (χ4v) is 2.12. The van der Waals surface area contributed by atoms with Crippen molar-refractivity contribution in [3.63, 3.8) is 0 Å². The molecule has 0 aromatic rings. The number of nitrogens with one attached hydrogen (secondary N) is 1. The van der Waals surface area contributed by atoms with E-state index in [4.69, 9.17) is 4.74 Å². The normalized spacial score (nSPS) is 14.1. The maximum Gasteiger partial charge on any atom is 0.0616 e. The Bertz CT molecular complexity index is 147. The van der Waals surface area contributed by atoms with E-state index in [9.17, 15) is 0 Å². The molecule has 1 N–H and O–H groups in total. The summed E-state index contributed by atoms with van der Waals surface area (Å²) in [5, 5.41) is 3.69. The van der Waals surface area contributed by atoms with Crippen molar-refractivity contribution in [1.29, 1.82) is 0 Å². The van der Waals surface area contributed by atoms with Crippen LogP contribution in [0.5, 0.6) is 0 Å². The quantitative estimate of drug-likeness (QED) is 0.654. The lowest BCUT2D eigenvalue weighted by Crippen LogP contribution is -2.40. The molecule has 98 valence electrons. The molecule has 0 heterocycles. The number of ether oxygens (including phenoxy) is 1. The molecule has 0 aliphatic rings. The number of hydrogen-bond acceptors (Lipinski definition) is 2. The molecule has 1 atom stereocenters. The molecule has 0 radical (unpaired) electrons. The molecular formula is C14H31NO. The van der Waals surface area contributed by atoms with E-state index >= 15 is 0 Å². The molecule has 0 rings (SSSR count). The third-order valence-electron chi connectivity index (χ3n) is 2.60. The van der Waals surface area contributed by atoms with Crippen LogP contribution in [0.25, 0.3) is 0 Å². The fraction of sp³-hybridized carbons (Fsp3) is 1.00. The highest BCUT2D eigenvalue weighted by Crippen LogP contribution is 2.13. The molecule has 0 bridgehead atoms. The molecule has 0 aliphatic carbocycles. The van der Waals surface area contributed by atoms with Crippen molar-refractivity contribution in [2.75, 3.05) is 13.2 Å². The molecule has 16 heavy (non-hydrogen) atoms. The summed E-state index contributed by atoms with van der Waals surface area (Å²) in [4.78, 5) is 0. The van der Waals surface area contributed by atoms with E-state index in [1.807, 2.05) is 6.92 Å². The summed E-state index contributed by atoms with van der Waals surface area (Å²) in [7, 11) is 0. The molecule has 1 unspecified atom stereocenters. The Balaban J connectivity index is 3.98. The predicted octanol–water partition coefficient (Wildman–Crippen LogP) is 3.46. The maximum atomic E-state index is 5.44. The van der Waals surface area contributed by atoms with E-state index in [2.05, 4.69) is 39.9 Å². The largest absolute Gasteiger partial charge is 0.380 e. The zero-order valence-corrected chi connectivity index (χ0v) is 12.0. The van der Waals surface area contributed by atoms with Crippen LogP contribution in [0.1, 0.15) is 54.4 Å². The zero-order valence-electron chi connectivity index (χ0n) is 12.0. The van der Waals surface area contributed by atoms with Gasteiger partial charge in [0.2, 0.25) is 0 Å². The van der Waals surface area contributed by atoms with E-state index in [1.165, 1.54) is 12.8 Å². The summed E-state index contributed by atoms with van der Waals surface area (Å²) in [5.41, 5.74) is 0. The lowest BCUT2D eigenvalue weighted by molar-refractivity contribution is 0.120. The van der Waals surface area contributed by atoms with Crippen LogP contribution in [0.4, 0.5) is 0 Å². The van der Waals surface area contributed by atoms with Gasteiger partial charge in [0.25, 0.3) is 0 Å². The second-order valence-electron chi connectivity index (χ2n) is 5.68. The lowest BCUT2D eigenvalue weighted by atomic mass is 9.95. The van der Waals surface area contributed by atoms with Crippen LogP contribution in [0.2, 0.25) is 0 Å². The minimum absolute atomic E-state index is 0.461. The second-order valence-corrected chi connectivity index (χ2v) is 5.68. The summed E-state index contributed by atoms with van der Waals surface area (Å²) >= 11 is 0. The average Bonchev–Trinajstić information content (AvgIpc) is 2.12. The van der Waals surface area contributed by atoms with Crippen LogP contribution in [-0.4, -0.2) is 25.3 Å². The van der Waals surface area contributed by atoms with Crippen LogP contribution in [0.15, 0.2) is 0 Å². The zero-order chi connectivity index (χ0) is 12.6. The highest BCUT2D eigenvalue weighted by molar-refractivity contribution is 4.74. The molecule has 0 fully saturated rings. The molecule has 0 spiro atoms. The molecule has 0 aliphatic heterocycles. The van der Waals surface area contributed by atoms with Crippen LogP contribution < -0.4 is 5.32 Å². The third-order valence-corrected chi connectivity index (χ3v) is 2.60. The van der Waals surface area contributed by atoms with Gasteiger partial charge in [-0.3, -0.25) is 0 Å². The van der Waals surface area contributed by atoms with E-state index in [0.717, 1.165) is 25.0 Å². The molecule has 0 aromatic heterocycles. The maximum absolute atomic E-state index is 5.44. The Kier molecular flexibility index (Phi) is 8.96. The Morgan fingerprint density at radius 1 is 0.938 bits per heavy atom. The van der Waals surface area contributed by atoms with Gasteiger partial charge in [-0.25, -0.2) is 0 Å². The first-order valence-corrected chi connectivity index (χ1v) is 6.79. The van der Waals surface area contributed by atoms with E-state index in [0.29, 0.717) is 12.1 Å². The molecular weight excluding hydrogens is 198 g/mol. The molecule has 0 saturated carbocycles. The van der Waals surface area contributed by atoms with Gasteiger partial charge in [-0.1, -0.05) is 27.7 Å². The first-order valence-electron chi connectivity index (χ1n) is 6.79. The second kappa shape index (κ2) is 9.00. The fourth-order valence-electron chi connectivity index (χ4n) is 2.12. The van der Waals surface area contributed by atoms with Gasteiger partial charge >= 0.3 is 0 Å². The van der Waals surface area contributed by atoms with Crippen molar-refractivity contribution in [1.82, 2.24) is 5.32 Å². The third kappa shape index (κ3) is 9.17. The molecule has 2 heteroatoms. The molecule has 0 saturated heterocycles. The Labute approximate surface area is 102 Å². The van der Waals surface area contributed by atoms with Gasteiger partial charge in [0.15, 0.2) is 0 Å². The first-order chi connectivity index (χ1) is 7.45. The van der Waals surface area contributed by atoms with E-state index in [1.54, 1.807) is 0 Å². The van der Waals surface area contributed by atoms with Gasteiger partial charge in [0.05, 0.1) is 6.61 Å². The molecule has 0 amide bonds. The lowest BCUT2D eigenvalue weighted by Gasteiger charge is -2.26. The van der Waals surface area contributed by atoms with Crippen molar-refractivity contribution in [3.05, 3.63) is 0 Å². The summed E-state index contributed by atoms with van der Waals surface area (Å²) in [6.07, 6.45) is 2.52. The summed E-state index contributed by atoms with van der Waals surface area (Å²) < 4.78 is 5.44. The van der Waals surface area contributed by atoms with Crippen molar-refractivity contribution < 1.29 is 4.74 Å². The van der Waals surface area contributed by atoms with Crippen LogP contribution in [0, 0.1) is 11.8 Å². The van der Waals surface area contributed by atoms with Gasteiger partial charge in [-0.2, -0.15) is 0 Å². The van der Waals surface area contributed by atoms with E-state index in [-0.39, 0.29) is 0 Å². The van der Waals surface area contributed by atoms with Crippen LogP contribution in [-0.2, 0) is 4.74 Å². The molecule has 2 nitrogen and oxygen atoms in total. The summed E-state index contributed by atoms with van der Waals surface area (Å²) in [6, 6.07) is 1.10. The van der Waals surface area contributed by atoms with Crippen molar-refractivity contribution >= 4 is 0 Å². The van der Waals surface area contributed by atoms with Gasteiger partial charge in [-0.05, 0) is 38.5 Å². The monoisotopic (exact) mass is 229 g/mol. The van der Waals surface area contributed by atoms with Crippen molar-refractivity contribution in [2.45, 2.75) is 66.5 Å². The topological polar surface area (TPSA) is 21.3 Å². The minimum Gasteiger partial charge on any atom is -0.380 e. The predicted molar refractivity (Wildman–Crippen MR) is 71.8 cm³/mol. The SMILES string of the molecule is CCOCC(C)NC(CC(C)C)CC(C)C. The highest BCUT2D eigenvalue weighted by Gasteiger charge is 2.15. The standard InChI is InChI=1S/C14H31NO/c1-7-16-10-13(6)15-14(8-11(2)3)9-12(4)5/h11-15H,7-10H2,1-6H3. The van der Waals surface area contributed by atoms with Crippen LogP contribution >= 0.6 is 0 Å². The van der Waals surface area contributed by atoms with Gasteiger partial charge in [0, 0.05) is 18.7 Å². The summed E-state index contributed by atoms with van der Waals surface area (Å²) in [6.45, 7) is 15.1. The number of rotatable bonds is 9. The summed E-state index contributed by atoms with van der Waals surface area (Å²) in [5.74, 6) is 1.52. The van der Waals surface area contributed by atoms with Gasteiger partial charge in [-0.15, -0.1) is 0 Å². The van der Waals surface area contributed by atoms with Crippen molar-refractivity contribution in [2.24, 2.45) is 11.8 Å². The average molecular weight is 229 g/mol. The Morgan fingerprint density at radius 3 is 1.81 bits per heavy atom. The number of hydrogen-bond donors (Lipinski definition) is 1. The molecule has 0 aromatic carbocycles. The van der Waals surface area contributed by atoms with Gasteiger partial charge < -0.3 is 10.1 Å². The Hall–Kier alpha value is -0.0800. The van der Waals surface area contributed by atoms with Crippen LogP contribution in [0.3, 0.4) is 0 Å².